The number of hydrogen-bond acceptors (Lipinski definition) is 3. The van der Waals surface area contributed by atoms with Crippen LogP contribution in [0.2, 0.25) is 0 Å². The monoisotopic (exact) mass is 356 g/mol. The number of rotatable bonds is 6. The molecule has 0 atom stereocenters. The van der Waals surface area contributed by atoms with Crippen molar-refractivity contribution in [1.29, 1.82) is 0 Å². The van der Waals surface area contributed by atoms with Crippen molar-refractivity contribution >= 4 is 11.6 Å². The topological polar surface area (TPSA) is 41.6 Å². The first-order valence-corrected chi connectivity index (χ1v) is 9.01. The summed E-state index contributed by atoms with van der Waals surface area (Å²) in [5.74, 6) is -0.446. The maximum absolute atomic E-state index is 14.4. The summed E-state index contributed by atoms with van der Waals surface area (Å²) in [6, 6.07) is 16.6. The van der Waals surface area contributed by atoms with Crippen LogP contribution < -0.4 is 10.2 Å². The van der Waals surface area contributed by atoms with E-state index in [1.54, 1.807) is 18.2 Å². The predicted octanol–water partition coefficient (Wildman–Crippen LogP) is 3.13. The summed E-state index contributed by atoms with van der Waals surface area (Å²) < 4.78 is 19.8. The second kappa shape index (κ2) is 8.32. The highest BCUT2D eigenvalue weighted by molar-refractivity contribution is 5.88. The van der Waals surface area contributed by atoms with E-state index in [1.807, 2.05) is 37.4 Å². The van der Waals surface area contributed by atoms with Gasteiger partial charge in [-0.05, 0) is 31.0 Å². The van der Waals surface area contributed by atoms with Gasteiger partial charge in [-0.25, -0.2) is 4.39 Å². The van der Waals surface area contributed by atoms with E-state index in [4.69, 9.17) is 4.74 Å². The van der Waals surface area contributed by atoms with Gasteiger partial charge in [0.05, 0.1) is 5.41 Å². The molecule has 26 heavy (non-hydrogen) atoms. The molecule has 2 aromatic rings. The first-order chi connectivity index (χ1) is 12.6. The number of halogens is 1. The highest BCUT2D eigenvalue weighted by Gasteiger charge is 2.43. The minimum absolute atomic E-state index is 0.118. The molecule has 0 aliphatic carbocycles. The molecule has 0 unspecified atom stereocenters. The smallest absolute Gasteiger partial charge is 0.231 e. The van der Waals surface area contributed by atoms with Gasteiger partial charge in [0, 0.05) is 44.6 Å². The van der Waals surface area contributed by atoms with E-state index in [-0.39, 0.29) is 11.7 Å². The van der Waals surface area contributed by atoms with Crippen molar-refractivity contribution in [3.8, 4) is 0 Å². The van der Waals surface area contributed by atoms with Crippen molar-refractivity contribution in [1.82, 2.24) is 5.32 Å². The molecule has 0 aromatic heterocycles. The van der Waals surface area contributed by atoms with Crippen LogP contribution >= 0.6 is 0 Å². The van der Waals surface area contributed by atoms with Gasteiger partial charge < -0.3 is 15.0 Å². The number of ether oxygens (including phenoxy) is 1. The maximum Gasteiger partial charge on any atom is 0.231 e. The van der Waals surface area contributed by atoms with E-state index >= 15 is 0 Å². The quantitative estimate of drug-likeness (QED) is 0.865. The molecule has 1 heterocycles. The Hall–Kier alpha value is -2.40. The van der Waals surface area contributed by atoms with Crippen molar-refractivity contribution in [3.63, 3.8) is 0 Å². The van der Waals surface area contributed by atoms with E-state index in [1.165, 1.54) is 6.07 Å². The van der Waals surface area contributed by atoms with Gasteiger partial charge in [0.25, 0.3) is 0 Å². The third-order valence-corrected chi connectivity index (χ3v) is 5.10. The van der Waals surface area contributed by atoms with Crippen LogP contribution in [0.4, 0.5) is 10.1 Å². The van der Waals surface area contributed by atoms with Crippen molar-refractivity contribution in [2.75, 3.05) is 38.3 Å². The van der Waals surface area contributed by atoms with Gasteiger partial charge in [-0.1, -0.05) is 36.4 Å². The number of carbonyl (C=O) groups is 1. The van der Waals surface area contributed by atoms with Crippen LogP contribution in [0.5, 0.6) is 0 Å². The van der Waals surface area contributed by atoms with E-state index in [0.29, 0.717) is 44.7 Å². The molecule has 0 bridgehead atoms. The van der Waals surface area contributed by atoms with E-state index in [2.05, 4.69) is 10.2 Å². The third kappa shape index (κ3) is 3.88. The molecule has 1 fully saturated rings. The average Bonchev–Trinajstić information content (AvgIpc) is 2.69. The van der Waals surface area contributed by atoms with Gasteiger partial charge >= 0.3 is 0 Å². The lowest BCUT2D eigenvalue weighted by molar-refractivity contribution is -0.130. The van der Waals surface area contributed by atoms with Gasteiger partial charge in [0.2, 0.25) is 5.91 Å². The minimum Gasteiger partial charge on any atom is -0.381 e. The van der Waals surface area contributed by atoms with Crippen LogP contribution in [0.15, 0.2) is 54.6 Å². The Labute approximate surface area is 154 Å². The molecule has 4 nitrogen and oxygen atoms in total. The molecule has 138 valence electrons. The lowest BCUT2D eigenvalue weighted by Crippen LogP contribution is -2.49. The summed E-state index contributed by atoms with van der Waals surface area (Å²) in [5, 5.41) is 3.02. The number of carbonyl (C=O) groups excluding carboxylic acids is 1. The molecule has 0 saturated carbocycles. The van der Waals surface area contributed by atoms with E-state index in [9.17, 15) is 9.18 Å². The van der Waals surface area contributed by atoms with E-state index in [0.717, 1.165) is 5.69 Å². The molecule has 5 heteroatoms. The summed E-state index contributed by atoms with van der Waals surface area (Å²) in [4.78, 5) is 15.1. The fourth-order valence-electron chi connectivity index (χ4n) is 3.51. The Bertz CT molecular complexity index is 730. The number of benzene rings is 2. The first-order valence-electron chi connectivity index (χ1n) is 9.01. The maximum atomic E-state index is 14.4. The molecule has 0 radical (unpaired) electrons. The normalized spacial score (nSPS) is 16.1. The van der Waals surface area contributed by atoms with Gasteiger partial charge in [-0.2, -0.15) is 0 Å². The molecule has 1 saturated heterocycles. The summed E-state index contributed by atoms with van der Waals surface area (Å²) in [6.45, 7) is 2.11. The lowest BCUT2D eigenvalue weighted by Gasteiger charge is -2.36. The molecule has 1 N–H and O–H groups in total. The SMILES string of the molecule is CN(CCNC(=O)C1(c2ccccc2F)CCOCC1)c1ccccc1. The third-order valence-electron chi connectivity index (χ3n) is 5.10. The van der Waals surface area contributed by atoms with Crippen LogP contribution in [0, 0.1) is 5.82 Å². The largest absolute Gasteiger partial charge is 0.381 e. The van der Waals surface area contributed by atoms with Crippen molar-refractivity contribution < 1.29 is 13.9 Å². The van der Waals surface area contributed by atoms with Crippen LogP contribution in [0.25, 0.3) is 0 Å². The number of likely N-dealkylation sites (N-methyl/N-ethyl adjacent to an activating group) is 1. The number of nitrogens with zero attached hydrogens (tertiary/aromatic N) is 1. The summed E-state index contributed by atoms with van der Waals surface area (Å²) in [7, 11) is 1.99. The minimum atomic E-state index is -0.852. The Morgan fingerprint density at radius 1 is 1.12 bits per heavy atom. The van der Waals surface area contributed by atoms with Crippen LogP contribution in [0.1, 0.15) is 18.4 Å². The van der Waals surface area contributed by atoms with Crippen molar-refractivity contribution in [2.45, 2.75) is 18.3 Å². The van der Waals surface area contributed by atoms with Gasteiger partial charge in [0.1, 0.15) is 5.82 Å². The lowest BCUT2D eigenvalue weighted by atomic mass is 9.73. The molecule has 0 spiro atoms. The Balaban J connectivity index is 1.68. The van der Waals surface area contributed by atoms with Crippen LogP contribution in [-0.2, 0) is 14.9 Å². The zero-order valence-corrected chi connectivity index (χ0v) is 15.1. The highest BCUT2D eigenvalue weighted by Crippen LogP contribution is 2.36. The predicted molar refractivity (Wildman–Crippen MR) is 101 cm³/mol. The number of para-hydroxylation sites is 1. The van der Waals surface area contributed by atoms with Gasteiger partial charge in [-0.15, -0.1) is 0 Å². The van der Waals surface area contributed by atoms with E-state index < -0.39 is 5.41 Å². The molecule has 1 amide bonds. The second-order valence-electron chi connectivity index (χ2n) is 6.69. The number of anilines is 1. The summed E-state index contributed by atoms with van der Waals surface area (Å²) in [6.07, 6.45) is 0.989. The number of hydrogen-bond donors (Lipinski definition) is 1. The fraction of sp³-hybridized carbons (Fsp3) is 0.381. The molecule has 3 rings (SSSR count). The van der Waals surface area contributed by atoms with Crippen molar-refractivity contribution in [2.24, 2.45) is 0 Å². The van der Waals surface area contributed by atoms with Crippen molar-refractivity contribution in [3.05, 3.63) is 66.0 Å². The molecule has 1 aliphatic rings. The molecule has 1 aliphatic heterocycles. The number of amides is 1. The van der Waals surface area contributed by atoms with Gasteiger partial charge in [-0.3, -0.25) is 4.79 Å². The zero-order valence-electron chi connectivity index (χ0n) is 15.1. The van der Waals surface area contributed by atoms with Gasteiger partial charge in [0.15, 0.2) is 0 Å². The fourth-order valence-corrected chi connectivity index (χ4v) is 3.51. The molecule has 2 aromatic carbocycles. The molecular formula is C21H25FN2O2. The second-order valence-corrected chi connectivity index (χ2v) is 6.69. The zero-order chi connectivity index (χ0) is 18.4. The Morgan fingerprint density at radius 2 is 1.77 bits per heavy atom. The Kier molecular flexibility index (Phi) is 5.89. The standard InChI is InChI=1S/C21H25FN2O2/c1-24(17-7-3-2-4-8-17)14-13-23-20(25)21(11-15-26-16-12-21)18-9-5-6-10-19(18)22/h2-10H,11-16H2,1H3,(H,23,25). The summed E-state index contributed by atoms with van der Waals surface area (Å²) >= 11 is 0. The number of nitrogens with one attached hydrogen (secondary N) is 1. The highest BCUT2D eigenvalue weighted by atomic mass is 19.1. The van der Waals surface area contributed by atoms with Crippen LogP contribution in [-0.4, -0.2) is 39.3 Å². The Morgan fingerprint density at radius 3 is 2.46 bits per heavy atom. The first kappa shape index (κ1) is 18.4. The average molecular weight is 356 g/mol. The summed E-state index contributed by atoms with van der Waals surface area (Å²) in [5.41, 5.74) is 0.711. The molecular weight excluding hydrogens is 331 g/mol. The van der Waals surface area contributed by atoms with Crippen LogP contribution in [0.3, 0.4) is 0 Å².